The minimum atomic E-state index is -1.26. The molecule has 31 heavy (non-hydrogen) atoms. The van der Waals surface area contributed by atoms with E-state index in [-0.39, 0.29) is 13.2 Å². The van der Waals surface area contributed by atoms with E-state index in [1.807, 2.05) is 39.0 Å². The Morgan fingerprint density at radius 2 is 1.87 bits per heavy atom. The highest BCUT2D eigenvalue weighted by Gasteiger charge is 2.52. The van der Waals surface area contributed by atoms with Gasteiger partial charge in [0.25, 0.3) is 5.91 Å². The molecule has 1 fully saturated rings. The Morgan fingerprint density at radius 3 is 2.55 bits per heavy atom. The van der Waals surface area contributed by atoms with E-state index in [0.717, 1.165) is 22.4 Å². The van der Waals surface area contributed by atoms with Gasteiger partial charge in [-0.05, 0) is 55.2 Å². The third-order valence-corrected chi connectivity index (χ3v) is 5.59. The van der Waals surface area contributed by atoms with Crippen molar-refractivity contribution in [2.24, 2.45) is 0 Å². The Labute approximate surface area is 182 Å². The molecule has 3 rings (SSSR count). The van der Waals surface area contributed by atoms with Crippen LogP contribution in [0.5, 0.6) is 5.75 Å². The van der Waals surface area contributed by atoms with Gasteiger partial charge in [-0.15, -0.1) is 0 Å². The first-order valence-electron chi connectivity index (χ1n) is 10.5. The monoisotopic (exact) mass is 428 g/mol. The molecule has 0 saturated carbocycles. The van der Waals surface area contributed by atoms with E-state index in [9.17, 15) is 19.1 Å². The number of halogens is 1. The molecule has 1 aliphatic heterocycles. The molecular formula is C24H29FN2O4. The second-order valence-corrected chi connectivity index (χ2v) is 8.10. The number of nitrogens with one attached hydrogen (secondary N) is 1. The minimum absolute atomic E-state index is 0.0557. The van der Waals surface area contributed by atoms with Crippen LogP contribution < -0.4 is 10.1 Å². The number of carbonyl (C=O) groups excluding carboxylic acids is 2. The number of aliphatic hydroxyl groups is 1. The summed E-state index contributed by atoms with van der Waals surface area (Å²) in [6.07, 6.45) is 0.879. The maximum Gasteiger partial charge on any atom is 0.325 e. The molecule has 1 saturated heterocycles. The molecule has 1 aliphatic rings. The number of aliphatic hydroxyl groups excluding tert-OH is 1. The highest BCUT2D eigenvalue weighted by molar-refractivity contribution is 6.07. The SMILES string of the molecule is CCCCC1(c2ccc(F)cc2)NC(=O)N(CC(O)COc2cc(C)ccc2C)C1=O. The summed E-state index contributed by atoms with van der Waals surface area (Å²) >= 11 is 0. The topological polar surface area (TPSA) is 78.9 Å². The van der Waals surface area contributed by atoms with Crippen LogP contribution in [0, 0.1) is 19.7 Å². The van der Waals surface area contributed by atoms with Crippen molar-refractivity contribution >= 4 is 11.9 Å². The number of aryl methyl sites for hydroxylation is 2. The zero-order valence-electron chi connectivity index (χ0n) is 18.2. The predicted octanol–water partition coefficient (Wildman–Crippen LogP) is 3.82. The van der Waals surface area contributed by atoms with Gasteiger partial charge in [0.2, 0.25) is 0 Å². The average molecular weight is 429 g/mol. The van der Waals surface area contributed by atoms with Gasteiger partial charge in [-0.3, -0.25) is 9.69 Å². The number of β-amino-alcohol motifs (C(OH)–C–C–N with tert-alkyl or cyclic N) is 1. The molecular weight excluding hydrogens is 399 g/mol. The largest absolute Gasteiger partial charge is 0.491 e. The van der Waals surface area contributed by atoms with Crippen molar-refractivity contribution in [2.75, 3.05) is 13.2 Å². The van der Waals surface area contributed by atoms with Crippen molar-refractivity contribution in [3.8, 4) is 5.75 Å². The van der Waals surface area contributed by atoms with Gasteiger partial charge in [0.05, 0.1) is 6.54 Å². The highest BCUT2D eigenvalue weighted by atomic mass is 19.1. The number of nitrogens with zero attached hydrogens (tertiary/aromatic N) is 1. The van der Waals surface area contributed by atoms with Gasteiger partial charge >= 0.3 is 6.03 Å². The number of amides is 3. The van der Waals surface area contributed by atoms with Crippen LogP contribution in [0.3, 0.4) is 0 Å². The van der Waals surface area contributed by atoms with Gasteiger partial charge in [-0.25, -0.2) is 9.18 Å². The molecule has 0 spiro atoms. The van der Waals surface area contributed by atoms with Crippen LogP contribution >= 0.6 is 0 Å². The van der Waals surface area contributed by atoms with Crippen molar-refractivity contribution in [1.82, 2.24) is 10.2 Å². The van der Waals surface area contributed by atoms with E-state index in [2.05, 4.69) is 5.32 Å². The summed E-state index contributed by atoms with van der Waals surface area (Å²) in [6.45, 7) is 5.60. The van der Waals surface area contributed by atoms with Gasteiger partial charge in [0.1, 0.15) is 29.8 Å². The number of ether oxygens (including phenoxy) is 1. The summed E-state index contributed by atoms with van der Waals surface area (Å²) in [5.74, 6) is -0.203. The lowest BCUT2D eigenvalue weighted by molar-refractivity contribution is -0.133. The van der Waals surface area contributed by atoms with Crippen molar-refractivity contribution in [1.29, 1.82) is 0 Å². The molecule has 2 aromatic rings. The standard InChI is InChI=1S/C24H29FN2O4/c1-4-5-12-24(18-8-10-19(25)11-9-18)22(29)27(23(30)26-24)14-20(28)15-31-21-13-16(2)6-7-17(21)3/h6-11,13,20,28H,4-5,12,14-15H2,1-3H3,(H,26,30). The van der Waals surface area contributed by atoms with Crippen LogP contribution in [-0.2, 0) is 10.3 Å². The molecule has 1 heterocycles. The molecule has 3 amide bonds. The number of benzene rings is 2. The van der Waals surface area contributed by atoms with Crippen molar-refractivity contribution < 1.29 is 23.8 Å². The maximum atomic E-state index is 13.4. The zero-order chi connectivity index (χ0) is 22.6. The van der Waals surface area contributed by atoms with E-state index in [4.69, 9.17) is 4.74 Å². The van der Waals surface area contributed by atoms with E-state index in [1.165, 1.54) is 24.3 Å². The number of imide groups is 1. The molecule has 0 radical (unpaired) electrons. The van der Waals surface area contributed by atoms with Gasteiger partial charge in [-0.1, -0.05) is 44.0 Å². The second kappa shape index (κ2) is 9.47. The first-order chi connectivity index (χ1) is 14.8. The predicted molar refractivity (Wildman–Crippen MR) is 115 cm³/mol. The van der Waals surface area contributed by atoms with Crippen LogP contribution in [-0.4, -0.2) is 41.2 Å². The fourth-order valence-corrected chi connectivity index (χ4v) is 3.79. The van der Waals surface area contributed by atoms with Crippen molar-refractivity contribution in [2.45, 2.75) is 51.7 Å². The summed E-state index contributed by atoms with van der Waals surface area (Å²) in [6, 6.07) is 10.8. The third kappa shape index (κ3) is 4.88. The Morgan fingerprint density at radius 1 is 1.16 bits per heavy atom. The molecule has 166 valence electrons. The third-order valence-electron chi connectivity index (χ3n) is 5.59. The number of urea groups is 1. The lowest BCUT2D eigenvalue weighted by Gasteiger charge is -2.27. The molecule has 2 atom stereocenters. The molecule has 0 aliphatic carbocycles. The van der Waals surface area contributed by atoms with E-state index < -0.39 is 29.4 Å². The van der Waals surface area contributed by atoms with E-state index >= 15 is 0 Å². The first kappa shape index (κ1) is 22.7. The Balaban J connectivity index is 1.74. The number of hydrogen-bond donors (Lipinski definition) is 2. The Bertz CT molecular complexity index is 947. The number of unbranched alkanes of at least 4 members (excludes halogenated alkanes) is 1. The first-order valence-corrected chi connectivity index (χ1v) is 10.5. The number of rotatable bonds is 9. The fourth-order valence-electron chi connectivity index (χ4n) is 3.79. The summed E-state index contributed by atoms with van der Waals surface area (Å²) in [5, 5.41) is 13.3. The quantitative estimate of drug-likeness (QED) is 0.595. The number of hydrogen-bond acceptors (Lipinski definition) is 4. The zero-order valence-corrected chi connectivity index (χ0v) is 18.2. The highest BCUT2D eigenvalue weighted by Crippen LogP contribution is 2.34. The molecule has 0 aromatic heterocycles. The molecule has 2 unspecified atom stereocenters. The van der Waals surface area contributed by atoms with E-state index in [1.54, 1.807) is 0 Å². The summed E-state index contributed by atoms with van der Waals surface area (Å²) in [5.41, 5.74) is 1.24. The number of carbonyl (C=O) groups is 2. The summed E-state index contributed by atoms with van der Waals surface area (Å²) in [7, 11) is 0. The Kier molecular flexibility index (Phi) is 6.95. The Hall–Kier alpha value is -2.93. The molecule has 6 nitrogen and oxygen atoms in total. The van der Waals surface area contributed by atoms with Crippen LogP contribution in [0.4, 0.5) is 9.18 Å². The molecule has 7 heteroatoms. The lowest BCUT2D eigenvalue weighted by Crippen LogP contribution is -2.45. The van der Waals surface area contributed by atoms with Crippen LogP contribution in [0.2, 0.25) is 0 Å². The van der Waals surface area contributed by atoms with Crippen LogP contribution in [0.1, 0.15) is 42.9 Å². The minimum Gasteiger partial charge on any atom is -0.491 e. The van der Waals surface area contributed by atoms with E-state index in [0.29, 0.717) is 24.2 Å². The van der Waals surface area contributed by atoms with Crippen molar-refractivity contribution in [3.05, 3.63) is 65.0 Å². The van der Waals surface area contributed by atoms with Gasteiger partial charge < -0.3 is 15.2 Å². The maximum absolute atomic E-state index is 13.4. The smallest absolute Gasteiger partial charge is 0.325 e. The normalized spacial score (nSPS) is 19.5. The lowest BCUT2D eigenvalue weighted by atomic mass is 9.84. The second-order valence-electron chi connectivity index (χ2n) is 8.10. The summed E-state index contributed by atoms with van der Waals surface area (Å²) < 4.78 is 19.1. The van der Waals surface area contributed by atoms with Gasteiger partial charge in [0, 0.05) is 0 Å². The molecule has 2 aromatic carbocycles. The van der Waals surface area contributed by atoms with Crippen LogP contribution in [0.25, 0.3) is 0 Å². The summed E-state index contributed by atoms with van der Waals surface area (Å²) in [4.78, 5) is 27.0. The van der Waals surface area contributed by atoms with Gasteiger partial charge in [-0.2, -0.15) is 0 Å². The molecule has 0 bridgehead atoms. The average Bonchev–Trinajstić information content (AvgIpc) is 2.98. The molecule has 2 N–H and O–H groups in total. The van der Waals surface area contributed by atoms with Crippen molar-refractivity contribution in [3.63, 3.8) is 0 Å². The van der Waals surface area contributed by atoms with Crippen LogP contribution in [0.15, 0.2) is 42.5 Å². The van der Waals surface area contributed by atoms with Gasteiger partial charge in [0.15, 0.2) is 0 Å². The fraction of sp³-hybridized carbons (Fsp3) is 0.417.